The van der Waals surface area contributed by atoms with Gasteiger partial charge in [0.15, 0.2) is 11.2 Å². The van der Waals surface area contributed by atoms with E-state index in [-0.39, 0.29) is 28.6 Å². The average molecular weight is 309 g/mol. The van der Waals surface area contributed by atoms with E-state index in [9.17, 15) is 13.2 Å². The van der Waals surface area contributed by atoms with Gasteiger partial charge in [-0.3, -0.25) is 4.79 Å². The molecule has 0 aliphatic carbocycles. The summed E-state index contributed by atoms with van der Waals surface area (Å²) in [5.74, 6) is 2.21. The van der Waals surface area contributed by atoms with Gasteiger partial charge in [0, 0.05) is 12.3 Å². The van der Waals surface area contributed by atoms with Crippen molar-refractivity contribution in [1.82, 2.24) is 0 Å². The molecule has 1 heterocycles. The van der Waals surface area contributed by atoms with Crippen molar-refractivity contribution in [3.05, 3.63) is 0 Å². The molecule has 0 radical (unpaired) electrons. The molecule has 0 N–H and O–H groups in total. The van der Waals surface area contributed by atoms with Crippen LogP contribution in [0.2, 0.25) is 0 Å². The van der Waals surface area contributed by atoms with Crippen LogP contribution in [-0.4, -0.2) is 31.5 Å². The molecule has 0 aromatic rings. The minimum atomic E-state index is -3.35. The van der Waals surface area contributed by atoms with E-state index in [1.54, 1.807) is 0 Å². The van der Waals surface area contributed by atoms with Crippen LogP contribution in [0, 0.1) is 5.92 Å². The molecular weight excluding hydrogens is 284 g/mol. The summed E-state index contributed by atoms with van der Waals surface area (Å²) in [6.45, 7) is 3.78. The van der Waals surface area contributed by atoms with Crippen LogP contribution in [0.4, 0.5) is 0 Å². The summed E-state index contributed by atoms with van der Waals surface area (Å²) < 4.78 is 28.6. The second kappa shape index (κ2) is 8.27. The maximum atomic E-state index is 11.7. The van der Waals surface area contributed by atoms with Crippen molar-refractivity contribution < 1.29 is 16.8 Å². The zero-order chi connectivity index (χ0) is 14.3. The maximum Gasteiger partial charge on any atom is 0.311 e. The molecule has 0 atom stereocenters. The minimum absolute atomic E-state index is 0.0793. The molecule has 0 unspecified atom stereocenters. The highest BCUT2D eigenvalue weighted by atomic mass is 32.3. The average Bonchev–Trinajstić information content (AvgIpc) is 2.79. The third-order valence-corrected chi connectivity index (χ3v) is 7.03. The number of ketones is 1. The molecule has 19 heavy (non-hydrogen) atoms. The molecule has 0 bridgehead atoms. The molecule has 0 spiro atoms. The van der Waals surface area contributed by atoms with Crippen molar-refractivity contribution in [2.24, 2.45) is 5.92 Å². The maximum absolute atomic E-state index is 11.7. The van der Waals surface area contributed by atoms with Gasteiger partial charge in [0.2, 0.25) is 0 Å². The Morgan fingerprint density at radius 3 is 2.37 bits per heavy atom. The van der Waals surface area contributed by atoms with Gasteiger partial charge in [0.1, 0.15) is 17.3 Å². The van der Waals surface area contributed by atoms with Gasteiger partial charge in [-0.05, 0) is 29.3 Å². The Hall–Kier alpha value is -0.0700. The number of hydrogen-bond acceptors (Lipinski definition) is 4. The first-order valence-electron chi connectivity index (χ1n) is 7.03. The summed E-state index contributed by atoms with van der Waals surface area (Å²) in [6, 6.07) is 0. The lowest BCUT2D eigenvalue weighted by molar-refractivity contribution is -0.122. The first-order valence-corrected chi connectivity index (χ1v) is 10.1. The Labute approximate surface area is 120 Å². The van der Waals surface area contributed by atoms with E-state index < -0.39 is 10.1 Å². The summed E-state index contributed by atoms with van der Waals surface area (Å²) in [6.07, 6.45) is 4.85. The van der Waals surface area contributed by atoms with Crippen molar-refractivity contribution in [3.63, 3.8) is 0 Å². The quantitative estimate of drug-likeness (QED) is 0.485. The van der Waals surface area contributed by atoms with Gasteiger partial charge in [-0.2, -0.15) is 8.42 Å². The predicted molar refractivity (Wildman–Crippen MR) is 79.5 cm³/mol. The minimum Gasteiger partial charge on any atom is -0.299 e. The van der Waals surface area contributed by atoms with Crippen LogP contribution in [0.1, 0.15) is 52.4 Å². The van der Waals surface area contributed by atoms with Crippen LogP contribution in [0.5, 0.6) is 0 Å². The largest absolute Gasteiger partial charge is 0.311 e. The van der Waals surface area contributed by atoms with Gasteiger partial charge < -0.3 is 0 Å². The Balaban J connectivity index is 2.12. The fraction of sp³-hybridized carbons (Fsp3) is 0.923. The predicted octanol–water partition coefficient (Wildman–Crippen LogP) is 2.45. The molecule has 1 rings (SSSR count). The molecule has 4 nitrogen and oxygen atoms in total. The van der Waals surface area contributed by atoms with E-state index in [0.717, 1.165) is 37.2 Å². The van der Waals surface area contributed by atoms with Crippen molar-refractivity contribution in [3.8, 4) is 0 Å². The summed E-state index contributed by atoms with van der Waals surface area (Å²) >= 11 is -0.360. The molecule has 6 heteroatoms. The lowest BCUT2D eigenvalue weighted by Gasteiger charge is -2.04. The van der Waals surface area contributed by atoms with Crippen LogP contribution in [0.3, 0.4) is 0 Å². The topological polar surface area (TPSA) is 60.4 Å². The van der Waals surface area contributed by atoms with E-state index in [2.05, 4.69) is 0 Å². The summed E-state index contributed by atoms with van der Waals surface area (Å²) in [7, 11) is -3.35. The van der Waals surface area contributed by atoms with Gasteiger partial charge in [-0.15, -0.1) is 0 Å². The summed E-state index contributed by atoms with van der Waals surface area (Å²) in [5.41, 5.74) is 0. The Kier molecular flexibility index (Phi) is 7.39. The highest BCUT2D eigenvalue weighted by Gasteiger charge is 2.32. The number of Topliss-reactive ketones (excluding diaryl/α,β-unsaturated/α-hetero) is 1. The Morgan fingerprint density at radius 1 is 1.16 bits per heavy atom. The van der Waals surface area contributed by atoms with Crippen molar-refractivity contribution >= 4 is 27.1 Å². The van der Waals surface area contributed by atoms with Crippen LogP contribution in [0.15, 0.2) is 0 Å². The zero-order valence-electron chi connectivity index (χ0n) is 11.9. The molecule has 0 aromatic carbocycles. The van der Waals surface area contributed by atoms with E-state index in [1.165, 1.54) is 0 Å². The fourth-order valence-electron chi connectivity index (χ4n) is 1.92. The lowest BCUT2D eigenvalue weighted by Crippen LogP contribution is -2.18. The Morgan fingerprint density at radius 2 is 1.79 bits per heavy atom. The number of unbranched alkanes of at least 4 members (excludes halogenated alkanes) is 2. The standard InChI is InChI=1S/C13H25O4S2/c1-12(2)13(14)8-4-3-7-11-19(15,16)17-18-9-5-6-10-18/h12H,3-11H2,1-2H3/q+1. The van der Waals surface area contributed by atoms with Crippen LogP contribution < -0.4 is 0 Å². The summed E-state index contributed by atoms with van der Waals surface area (Å²) in [4.78, 5) is 11.4. The summed E-state index contributed by atoms with van der Waals surface area (Å²) in [5, 5.41) is 0. The van der Waals surface area contributed by atoms with Crippen molar-refractivity contribution in [1.29, 1.82) is 0 Å². The fourth-order valence-corrected chi connectivity index (χ4v) is 5.72. The first-order chi connectivity index (χ1) is 8.91. The molecule has 1 aliphatic heterocycles. The molecule has 0 aromatic heterocycles. The molecule has 0 saturated carbocycles. The molecule has 1 saturated heterocycles. The molecule has 1 aliphatic rings. The highest BCUT2D eigenvalue weighted by molar-refractivity contribution is 8.02. The van der Waals surface area contributed by atoms with Crippen molar-refractivity contribution in [2.75, 3.05) is 17.3 Å². The van der Waals surface area contributed by atoms with Gasteiger partial charge in [-0.25, -0.2) is 0 Å². The van der Waals surface area contributed by atoms with Gasteiger partial charge in [0.25, 0.3) is 0 Å². The van der Waals surface area contributed by atoms with Crippen LogP contribution in [-0.2, 0) is 29.7 Å². The van der Waals surface area contributed by atoms with Gasteiger partial charge >= 0.3 is 10.1 Å². The van der Waals surface area contributed by atoms with Crippen molar-refractivity contribution in [2.45, 2.75) is 52.4 Å². The van der Waals surface area contributed by atoms with E-state index in [4.69, 9.17) is 3.63 Å². The number of carbonyl (C=O) groups is 1. The number of carbonyl (C=O) groups excluding carboxylic acids is 1. The highest BCUT2D eigenvalue weighted by Crippen LogP contribution is 2.18. The monoisotopic (exact) mass is 309 g/mol. The van der Waals surface area contributed by atoms with E-state index >= 15 is 0 Å². The van der Waals surface area contributed by atoms with Crippen LogP contribution in [0.25, 0.3) is 0 Å². The normalized spacial score (nSPS) is 17.2. The smallest absolute Gasteiger partial charge is 0.299 e. The zero-order valence-corrected chi connectivity index (χ0v) is 13.5. The third-order valence-electron chi connectivity index (χ3n) is 3.16. The number of hydrogen-bond donors (Lipinski definition) is 0. The van der Waals surface area contributed by atoms with Gasteiger partial charge in [0.05, 0.1) is 5.75 Å². The van der Waals surface area contributed by atoms with E-state index in [0.29, 0.717) is 12.8 Å². The second-order valence-electron chi connectivity index (χ2n) is 5.32. The third kappa shape index (κ3) is 7.32. The second-order valence-corrected chi connectivity index (χ2v) is 9.08. The molecule has 112 valence electrons. The first kappa shape index (κ1) is 17.0. The number of rotatable bonds is 9. The van der Waals surface area contributed by atoms with Gasteiger partial charge in [-0.1, -0.05) is 20.3 Å². The van der Waals surface area contributed by atoms with Crippen LogP contribution >= 0.6 is 0 Å². The van der Waals surface area contributed by atoms with E-state index in [1.807, 2.05) is 13.8 Å². The SMILES string of the molecule is CC(C)C(=O)CCCCCS(=O)(=O)O[S+]1CCCC1. The Bertz CT molecular complexity index is 370. The molecule has 1 fully saturated rings. The lowest BCUT2D eigenvalue weighted by atomic mass is 10.0. The molecular formula is C13H25O4S2+. The molecule has 0 amide bonds.